The number of carbonyl (C=O) groups excluding carboxylic acids is 2. The highest BCUT2D eigenvalue weighted by atomic mass is 35.5. The number of aromatic nitrogens is 2. The Morgan fingerprint density at radius 2 is 2.35 bits per heavy atom. The summed E-state index contributed by atoms with van der Waals surface area (Å²) >= 11 is 7.43. The van der Waals surface area contributed by atoms with Crippen molar-refractivity contribution in [3.05, 3.63) is 28.5 Å². The van der Waals surface area contributed by atoms with Gasteiger partial charge in [-0.2, -0.15) is 0 Å². The zero-order valence-corrected chi connectivity index (χ0v) is 12.4. The molecule has 2 aromatic rings. The lowest BCUT2D eigenvalue weighted by Gasteiger charge is -2.09. The maximum Gasteiger partial charge on any atom is 0.328 e. The van der Waals surface area contributed by atoms with Crippen molar-refractivity contribution in [1.29, 1.82) is 0 Å². The molecule has 0 radical (unpaired) electrons. The number of imidazole rings is 1. The van der Waals surface area contributed by atoms with Crippen molar-refractivity contribution in [2.45, 2.75) is 13.0 Å². The van der Waals surface area contributed by atoms with Crippen molar-refractivity contribution < 1.29 is 14.3 Å². The number of hydrogen-bond acceptors (Lipinski definition) is 5. The van der Waals surface area contributed by atoms with Crippen LogP contribution in [-0.4, -0.2) is 34.4 Å². The fourth-order valence-electron chi connectivity index (χ4n) is 1.58. The number of rotatable bonds is 4. The molecule has 20 heavy (non-hydrogen) atoms. The van der Waals surface area contributed by atoms with E-state index >= 15 is 0 Å². The van der Waals surface area contributed by atoms with Gasteiger partial charge in [-0.15, -0.1) is 11.3 Å². The molecular formula is C12H12ClN3O3S. The van der Waals surface area contributed by atoms with E-state index in [1.807, 2.05) is 11.6 Å². The number of halogens is 1. The normalized spacial score (nSPS) is 12.8. The maximum absolute atomic E-state index is 11.7. The maximum atomic E-state index is 11.7. The fraction of sp³-hybridized carbons (Fsp3) is 0.250. The van der Waals surface area contributed by atoms with E-state index in [1.54, 1.807) is 17.4 Å². The first kappa shape index (κ1) is 14.5. The van der Waals surface area contributed by atoms with E-state index in [2.05, 4.69) is 15.0 Å². The Morgan fingerprint density at radius 3 is 3.05 bits per heavy atom. The van der Waals surface area contributed by atoms with Crippen molar-refractivity contribution >= 4 is 45.9 Å². The third kappa shape index (κ3) is 3.00. The predicted octanol–water partition coefficient (Wildman–Crippen LogP) is 1.74. The number of thiazole rings is 1. The van der Waals surface area contributed by atoms with Gasteiger partial charge in [-0.3, -0.25) is 9.20 Å². The first-order chi connectivity index (χ1) is 9.52. The summed E-state index contributed by atoms with van der Waals surface area (Å²) in [5.41, 5.74) is 0.615. The predicted molar refractivity (Wildman–Crippen MR) is 76.7 cm³/mol. The monoisotopic (exact) mass is 313 g/mol. The lowest BCUT2D eigenvalue weighted by atomic mass is 10.3. The summed E-state index contributed by atoms with van der Waals surface area (Å²) in [5.74, 6) is -0.918. The average molecular weight is 314 g/mol. The zero-order chi connectivity index (χ0) is 14.7. The summed E-state index contributed by atoms with van der Waals surface area (Å²) in [5, 5.41) is 4.68. The molecule has 0 spiro atoms. The van der Waals surface area contributed by atoms with Gasteiger partial charge in [0.1, 0.15) is 6.04 Å². The van der Waals surface area contributed by atoms with Crippen molar-refractivity contribution in [3.8, 4) is 0 Å². The van der Waals surface area contributed by atoms with Gasteiger partial charge in [0, 0.05) is 17.7 Å². The summed E-state index contributed by atoms with van der Waals surface area (Å²) < 4.78 is 6.30. The number of amides is 1. The van der Waals surface area contributed by atoms with E-state index in [1.165, 1.54) is 24.5 Å². The van der Waals surface area contributed by atoms with Gasteiger partial charge in [-0.25, -0.2) is 9.78 Å². The van der Waals surface area contributed by atoms with Crippen LogP contribution in [0, 0.1) is 0 Å². The van der Waals surface area contributed by atoms with E-state index in [0.717, 1.165) is 4.96 Å². The smallest absolute Gasteiger partial charge is 0.328 e. The summed E-state index contributed by atoms with van der Waals surface area (Å²) in [6.07, 6.45) is 4.66. The number of hydrogen-bond donors (Lipinski definition) is 1. The molecule has 8 heteroatoms. The Bertz CT molecular complexity index is 677. The topological polar surface area (TPSA) is 72.7 Å². The highest BCUT2D eigenvalue weighted by Crippen LogP contribution is 2.22. The van der Waals surface area contributed by atoms with Gasteiger partial charge in [0.15, 0.2) is 10.1 Å². The molecule has 2 aromatic heterocycles. The van der Waals surface area contributed by atoms with Crippen LogP contribution >= 0.6 is 22.9 Å². The molecule has 2 heterocycles. The summed E-state index contributed by atoms with van der Waals surface area (Å²) in [6.45, 7) is 1.54. The standard InChI is InChI=1S/C12H12ClN3O3S/c1-7(11(18)19-2)14-9(17)4-3-8-10(13)15-12-16(8)5-6-20-12/h3-7H,1-2H3,(H,14,17). The van der Waals surface area contributed by atoms with Crippen LogP contribution in [0.2, 0.25) is 5.15 Å². The van der Waals surface area contributed by atoms with Crippen molar-refractivity contribution in [2.75, 3.05) is 7.11 Å². The van der Waals surface area contributed by atoms with Gasteiger partial charge in [0.25, 0.3) is 0 Å². The molecule has 2 rings (SSSR count). The Morgan fingerprint density at radius 1 is 1.60 bits per heavy atom. The molecule has 1 amide bonds. The molecule has 0 aliphatic rings. The summed E-state index contributed by atoms with van der Waals surface area (Å²) in [4.78, 5) is 27.7. The largest absolute Gasteiger partial charge is 0.467 e. The third-order valence-electron chi connectivity index (χ3n) is 2.56. The van der Waals surface area contributed by atoms with Gasteiger partial charge in [0.2, 0.25) is 5.91 Å². The Balaban J connectivity index is 2.09. The molecule has 0 aliphatic heterocycles. The molecule has 6 nitrogen and oxygen atoms in total. The lowest BCUT2D eigenvalue weighted by Crippen LogP contribution is -2.38. The highest BCUT2D eigenvalue weighted by molar-refractivity contribution is 7.15. The van der Waals surface area contributed by atoms with Gasteiger partial charge in [-0.05, 0) is 13.0 Å². The second-order valence-corrected chi connectivity index (χ2v) is 5.16. The van der Waals surface area contributed by atoms with Crippen molar-refractivity contribution in [1.82, 2.24) is 14.7 Å². The molecule has 106 valence electrons. The van der Waals surface area contributed by atoms with E-state index in [0.29, 0.717) is 10.8 Å². The van der Waals surface area contributed by atoms with E-state index < -0.39 is 17.9 Å². The number of carbonyl (C=O) groups is 2. The third-order valence-corrected chi connectivity index (χ3v) is 3.59. The van der Waals surface area contributed by atoms with Gasteiger partial charge in [0.05, 0.1) is 12.8 Å². The molecule has 0 fully saturated rings. The minimum Gasteiger partial charge on any atom is -0.467 e. The molecular weight excluding hydrogens is 302 g/mol. The van der Waals surface area contributed by atoms with E-state index in [-0.39, 0.29) is 0 Å². The highest BCUT2D eigenvalue weighted by Gasteiger charge is 2.14. The Hall–Kier alpha value is -1.86. The number of nitrogens with zero attached hydrogens (tertiary/aromatic N) is 2. The van der Waals surface area contributed by atoms with E-state index in [4.69, 9.17) is 11.6 Å². The number of fused-ring (bicyclic) bond motifs is 1. The molecule has 1 unspecified atom stereocenters. The molecule has 0 aromatic carbocycles. The fourth-order valence-corrected chi connectivity index (χ4v) is 2.58. The van der Waals surface area contributed by atoms with Crippen LogP contribution < -0.4 is 5.32 Å². The molecule has 0 saturated carbocycles. The van der Waals surface area contributed by atoms with Crippen LogP contribution in [0.25, 0.3) is 11.0 Å². The molecule has 1 atom stereocenters. The SMILES string of the molecule is COC(=O)C(C)NC(=O)C=Cc1c(Cl)nc2sccn12. The number of nitrogens with one attached hydrogen (secondary N) is 1. The molecule has 0 bridgehead atoms. The second kappa shape index (κ2) is 6.06. The van der Waals surface area contributed by atoms with Gasteiger partial charge in [-0.1, -0.05) is 11.6 Å². The first-order valence-electron chi connectivity index (χ1n) is 5.70. The van der Waals surface area contributed by atoms with Crippen LogP contribution in [0.3, 0.4) is 0 Å². The van der Waals surface area contributed by atoms with Crippen molar-refractivity contribution in [2.24, 2.45) is 0 Å². The van der Waals surface area contributed by atoms with Crippen LogP contribution in [0.15, 0.2) is 17.7 Å². The Kier molecular flexibility index (Phi) is 4.41. The summed E-state index contributed by atoms with van der Waals surface area (Å²) in [6, 6.07) is -0.709. The zero-order valence-electron chi connectivity index (χ0n) is 10.8. The Labute approximate surface area is 124 Å². The minimum absolute atomic E-state index is 0.321. The second-order valence-electron chi connectivity index (χ2n) is 3.93. The van der Waals surface area contributed by atoms with Gasteiger partial charge >= 0.3 is 5.97 Å². The van der Waals surface area contributed by atoms with Gasteiger partial charge < -0.3 is 10.1 Å². The molecule has 1 N–H and O–H groups in total. The van der Waals surface area contributed by atoms with Crippen LogP contribution in [0.1, 0.15) is 12.6 Å². The minimum atomic E-state index is -0.709. The average Bonchev–Trinajstić information content (AvgIpc) is 2.96. The quantitative estimate of drug-likeness (QED) is 0.689. The number of ether oxygens (including phenoxy) is 1. The lowest BCUT2D eigenvalue weighted by molar-refractivity contribution is -0.144. The van der Waals surface area contributed by atoms with Crippen LogP contribution in [0.5, 0.6) is 0 Å². The number of methoxy groups -OCH3 is 1. The van der Waals surface area contributed by atoms with Crippen LogP contribution in [0.4, 0.5) is 0 Å². The number of esters is 1. The summed E-state index contributed by atoms with van der Waals surface area (Å²) in [7, 11) is 1.26. The molecule has 0 aliphatic carbocycles. The van der Waals surface area contributed by atoms with E-state index in [9.17, 15) is 9.59 Å². The van der Waals surface area contributed by atoms with Crippen LogP contribution in [-0.2, 0) is 14.3 Å². The molecule has 0 saturated heterocycles. The first-order valence-corrected chi connectivity index (χ1v) is 6.96. The van der Waals surface area contributed by atoms with Crippen molar-refractivity contribution in [3.63, 3.8) is 0 Å².